The van der Waals surface area contributed by atoms with E-state index < -0.39 is 0 Å². The van der Waals surface area contributed by atoms with E-state index in [4.69, 9.17) is 0 Å². The van der Waals surface area contributed by atoms with Crippen molar-refractivity contribution in [1.29, 1.82) is 0 Å². The van der Waals surface area contributed by atoms with E-state index in [2.05, 4.69) is 80.8 Å². The van der Waals surface area contributed by atoms with Crippen molar-refractivity contribution in [3.8, 4) is 11.4 Å². The standard InChI is InChI=1S/C17H15N5/c1-12-2-4-13(5-3-12)11-22-9-8-14-10-15(6-7-16(14)22)17-18-20-21-19-17/h2-10H,11H2,1H3,(H,18,19,20,21). The summed E-state index contributed by atoms with van der Waals surface area (Å²) in [4.78, 5) is 0. The van der Waals surface area contributed by atoms with Crippen molar-refractivity contribution in [2.75, 3.05) is 0 Å². The third kappa shape index (κ3) is 2.26. The Morgan fingerprint density at radius 1 is 1.05 bits per heavy atom. The van der Waals surface area contributed by atoms with Crippen molar-refractivity contribution < 1.29 is 0 Å². The number of tetrazole rings is 1. The number of aromatic amines is 1. The van der Waals surface area contributed by atoms with Crippen LogP contribution in [0, 0.1) is 6.92 Å². The van der Waals surface area contributed by atoms with Crippen molar-refractivity contribution in [3.05, 3.63) is 65.9 Å². The van der Waals surface area contributed by atoms with Crippen molar-refractivity contribution >= 4 is 10.9 Å². The molecule has 0 aliphatic carbocycles. The van der Waals surface area contributed by atoms with Crippen LogP contribution in [0.25, 0.3) is 22.3 Å². The molecule has 4 aromatic rings. The summed E-state index contributed by atoms with van der Waals surface area (Å²) in [7, 11) is 0. The molecule has 0 spiro atoms. The number of fused-ring (bicyclic) bond motifs is 1. The van der Waals surface area contributed by atoms with Gasteiger partial charge in [0, 0.05) is 29.2 Å². The van der Waals surface area contributed by atoms with Crippen LogP contribution >= 0.6 is 0 Å². The highest BCUT2D eigenvalue weighted by Crippen LogP contribution is 2.23. The summed E-state index contributed by atoms with van der Waals surface area (Å²) >= 11 is 0. The molecule has 0 atom stereocenters. The van der Waals surface area contributed by atoms with E-state index in [0.717, 1.165) is 12.1 Å². The van der Waals surface area contributed by atoms with Gasteiger partial charge in [-0.15, -0.1) is 10.2 Å². The molecule has 0 aliphatic rings. The molecule has 0 bridgehead atoms. The van der Waals surface area contributed by atoms with Gasteiger partial charge in [0.05, 0.1) is 0 Å². The number of hydrogen-bond donors (Lipinski definition) is 1. The van der Waals surface area contributed by atoms with Gasteiger partial charge in [-0.1, -0.05) is 29.8 Å². The maximum absolute atomic E-state index is 4.02. The highest BCUT2D eigenvalue weighted by Gasteiger charge is 2.07. The van der Waals surface area contributed by atoms with Crippen LogP contribution in [0.15, 0.2) is 54.7 Å². The first kappa shape index (κ1) is 12.8. The van der Waals surface area contributed by atoms with E-state index in [1.807, 2.05) is 6.07 Å². The topological polar surface area (TPSA) is 59.4 Å². The minimum Gasteiger partial charge on any atom is -0.343 e. The number of hydrogen-bond acceptors (Lipinski definition) is 3. The van der Waals surface area contributed by atoms with Crippen LogP contribution in [-0.4, -0.2) is 25.2 Å². The molecule has 0 aliphatic heterocycles. The smallest absolute Gasteiger partial charge is 0.204 e. The quantitative estimate of drug-likeness (QED) is 0.630. The highest BCUT2D eigenvalue weighted by molar-refractivity contribution is 5.84. The molecule has 0 unspecified atom stereocenters. The summed E-state index contributed by atoms with van der Waals surface area (Å²) in [5.74, 6) is 0.619. The normalized spacial score (nSPS) is 11.1. The zero-order valence-electron chi connectivity index (χ0n) is 12.2. The first-order valence-corrected chi connectivity index (χ1v) is 7.18. The minimum atomic E-state index is 0.619. The lowest BCUT2D eigenvalue weighted by molar-refractivity contribution is 0.836. The van der Waals surface area contributed by atoms with E-state index in [9.17, 15) is 0 Å². The van der Waals surface area contributed by atoms with E-state index in [0.29, 0.717) is 5.82 Å². The molecule has 5 heteroatoms. The van der Waals surface area contributed by atoms with Crippen LogP contribution in [-0.2, 0) is 6.54 Å². The largest absolute Gasteiger partial charge is 0.343 e. The van der Waals surface area contributed by atoms with E-state index in [1.165, 1.54) is 22.0 Å². The Hall–Kier alpha value is -2.95. The number of nitrogens with zero attached hydrogens (tertiary/aromatic N) is 4. The molecule has 2 aromatic carbocycles. The minimum absolute atomic E-state index is 0.619. The number of aromatic nitrogens is 5. The van der Waals surface area contributed by atoms with Crippen LogP contribution in [0.3, 0.4) is 0 Å². The molecule has 2 heterocycles. The monoisotopic (exact) mass is 289 g/mol. The van der Waals surface area contributed by atoms with Gasteiger partial charge in [-0.05, 0) is 42.0 Å². The number of nitrogens with one attached hydrogen (secondary N) is 1. The van der Waals surface area contributed by atoms with E-state index >= 15 is 0 Å². The van der Waals surface area contributed by atoms with Crippen molar-refractivity contribution in [1.82, 2.24) is 25.2 Å². The van der Waals surface area contributed by atoms with E-state index in [1.54, 1.807) is 0 Å². The average molecular weight is 289 g/mol. The maximum atomic E-state index is 4.02. The molecule has 108 valence electrons. The van der Waals surface area contributed by atoms with Gasteiger partial charge < -0.3 is 4.57 Å². The first-order valence-electron chi connectivity index (χ1n) is 7.18. The molecule has 1 N–H and O–H groups in total. The maximum Gasteiger partial charge on any atom is 0.204 e. The lowest BCUT2D eigenvalue weighted by Crippen LogP contribution is -1.97. The van der Waals surface area contributed by atoms with Gasteiger partial charge in [0.25, 0.3) is 0 Å². The molecule has 2 aromatic heterocycles. The third-order valence-electron chi connectivity index (χ3n) is 3.85. The van der Waals surface area contributed by atoms with Crippen LogP contribution in [0.1, 0.15) is 11.1 Å². The summed E-state index contributed by atoms with van der Waals surface area (Å²) in [5, 5.41) is 15.3. The Bertz CT molecular complexity index is 904. The highest BCUT2D eigenvalue weighted by atomic mass is 15.5. The lowest BCUT2D eigenvalue weighted by Gasteiger charge is -2.06. The Labute approximate surface area is 127 Å². The van der Waals surface area contributed by atoms with Crippen LogP contribution < -0.4 is 0 Å². The van der Waals surface area contributed by atoms with Crippen LogP contribution in [0.5, 0.6) is 0 Å². The summed E-state index contributed by atoms with van der Waals surface area (Å²) in [5.41, 5.74) is 4.75. The second-order valence-electron chi connectivity index (χ2n) is 5.44. The molecule has 0 radical (unpaired) electrons. The Morgan fingerprint density at radius 3 is 2.68 bits per heavy atom. The van der Waals surface area contributed by atoms with Gasteiger partial charge >= 0.3 is 0 Å². The molecule has 22 heavy (non-hydrogen) atoms. The van der Waals surface area contributed by atoms with Crippen LogP contribution in [0.2, 0.25) is 0 Å². The zero-order chi connectivity index (χ0) is 14.9. The van der Waals surface area contributed by atoms with Gasteiger partial charge in [-0.2, -0.15) is 5.21 Å². The second-order valence-corrected chi connectivity index (χ2v) is 5.44. The molecule has 0 fully saturated rings. The number of aryl methyl sites for hydroxylation is 1. The van der Waals surface area contributed by atoms with Gasteiger partial charge in [0.1, 0.15) is 0 Å². The fraction of sp³-hybridized carbons (Fsp3) is 0.118. The number of benzene rings is 2. The van der Waals surface area contributed by atoms with Gasteiger partial charge in [-0.25, -0.2) is 0 Å². The predicted molar refractivity (Wildman–Crippen MR) is 85.4 cm³/mol. The Morgan fingerprint density at radius 2 is 1.91 bits per heavy atom. The van der Waals surface area contributed by atoms with Crippen molar-refractivity contribution in [2.45, 2.75) is 13.5 Å². The zero-order valence-corrected chi connectivity index (χ0v) is 12.2. The SMILES string of the molecule is Cc1ccc(Cn2ccc3cc(-c4nn[nH]n4)ccc32)cc1. The second kappa shape index (κ2) is 5.11. The fourth-order valence-corrected chi connectivity index (χ4v) is 2.65. The van der Waals surface area contributed by atoms with Gasteiger partial charge in [-0.3, -0.25) is 0 Å². The van der Waals surface area contributed by atoms with Gasteiger partial charge in [0.2, 0.25) is 5.82 Å². The predicted octanol–water partition coefficient (Wildman–Crippen LogP) is 3.18. The number of rotatable bonds is 3. The van der Waals surface area contributed by atoms with E-state index in [-0.39, 0.29) is 0 Å². The van der Waals surface area contributed by atoms with Crippen molar-refractivity contribution in [3.63, 3.8) is 0 Å². The molecule has 5 nitrogen and oxygen atoms in total. The Kier molecular flexibility index (Phi) is 2.96. The molecular weight excluding hydrogens is 274 g/mol. The molecular formula is C17H15N5. The fourth-order valence-electron chi connectivity index (χ4n) is 2.65. The summed E-state index contributed by atoms with van der Waals surface area (Å²) in [6.45, 7) is 2.97. The summed E-state index contributed by atoms with van der Waals surface area (Å²) < 4.78 is 2.25. The molecule has 0 saturated carbocycles. The first-order chi connectivity index (χ1) is 10.8. The molecule has 0 saturated heterocycles. The third-order valence-corrected chi connectivity index (χ3v) is 3.85. The summed E-state index contributed by atoms with van der Waals surface area (Å²) in [6, 6.07) is 17.0. The van der Waals surface area contributed by atoms with Crippen LogP contribution in [0.4, 0.5) is 0 Å². The lowest BCUT2D eigenvalue weighted by atomic mass is 10.1. The molecule has 4 rings (SSSR count). The summed E-state index contributed by atoms with van der Waals surface area (Å²) in [6.07, 6.45) is 2.12. The average Bonchev–Trinajstić information content (AvgIpc) is 3.19. The van der Waals surface area contributed by atoms with Gasteiger partial charge in [0.15, 0.2) is 0 Å². The van der Waals surface area contributed by atoms with Crippen molar-refractivity contribution in [2.24, 2.45) is 0 Å². The Balaban J connectivity index is 1.69. The number of H-pyrrole nitrogens is 1. The molecule has 0 amide bonds.